The first kappa shape index (κ1) is 36.7. The summed E-state index contributed by atoms with van der Waals surface area (Å²) in [6.07, 6.45) is 13.8. The number of carbonyl (C=O) groups excluding carboxylic acids is 2. The van der Waals surface area contributed by atoms with E-state index in [0.717, 1.165) is 68.4 Å². The molecule has 0 unspecified atom stereocenters. The largest absolute Gasteiger partial charge is 0.385 e. The fourth-order valence-corrected chi connectivity index (χ4v) is 8.16. The van der Waals surface area contributed by atoms with Crippen LogP contribution in [0, 0.1) is 28.6 Å². The van der Waals surface area contributed by atoms with E-state index in [0.29, 0.717) is 65.3 Å². The maximum absolute atomic E-state index is 12.2. The van der Waals surface area contributed by atoms with Crippen molar-refractivity contribution in [3.05, 3.63) is 78.0 Å². The van der Waals surface area contributed by atoms with Gasteiger partial charge in [0.15, 0.2) is 11.5 Å². The first-order valence-electron chi connectivity index (χ1n) is 19.2. The third-order valence-electron chi connectivity index (χ3n) is 11.5. The summed E-state index contributed by atoms with van der Waals surface area (Å²) in [6.45, 7) is 4.79. The Balaban J connectivity index is 0.845. The van der Waals surface area contributed by atoms with E-state index in [1.807, 2.05) is 36.5 Å². The van der Waals surface area contributed by atoms with E-state index in [1.54, 1.807) is 39.6 Å². The number of hydrogen-bond donors (Lipinski definition) is 3. The second kappa shape index (κ2) is 15.5. The maximum atomic E-state index is 12.2. The van der Waals surface area contributed by atoms with E-state index in [-0.39, 0.29) is 12.3 Å². The van der Waals surface area contributed by atoms with Gasteiger partial charge in [0, 0.05) is 55.3 Å². The predicted octanol–water partition coefficient (Wildman–Crippen LogP) is 4.69. The van der Waals surface area contributed by atoms with Gasteiger partial charge >= 0.3 is 6.03 Å². The van der Waals surface area contributed by atoms with Crippen molar-refractivity contribution < 1.29 is 14.7 Å². The lowest BCUT2D eigenvalue weighted by atomic mass is 9.79. The number of piperidine rings is 1. The van der Waals surface area contributed by atoms with Crippen molar-refractivity contribution in [3.8, 4) is 23.6 Å². The molecule has 2 aliphatic heterocycles. The van der Waals surface area contributed by atoms with E-state index in [9.17, 15) is 25.2 Å². The highest BCUT2D eigenvalue weighted by atomic mass is 16.3. The molecular formula is C40H43N13O3. The molecule has 1 aromatic carbocycles. The summed E-state index contributed by atoms with van der Waals surface area (Å²) in [7, 11) is 0. The lowest BCUT2D eigenvalue weighted by Gasteiger charge is -2.39. The minimum absolute atomic E-state index is 0.259. The number of nitrogens with zero attached hydrogens (tertiary/aromatic N) is 11. The van der Waals surface area contributed by atoms with Crippen LogP contribution in [0.3, 0.4) is 0 Å². The average Bonchev–Trinajstić information content (AvgIpc) is 3.89. The van der Waals surface area contributed by atoms with Gasteiger partial charge in [-0.15, -0.1) is 5.10 Å². The van der Waals surface area contributed by atoms with Gasteiger partial charge in [-0.3, -0.25) is 15.0 Å². The Kier molecular flexibility index (Phi) is 10.2. The zero-order chi connectivity index (χ0) is 38.8. The second-order valence-electron chi connectivity index (χ2n) is 15.1. The molecule has 3 amide bonds. The quantitative estimate of drug-likeness (QED) is 0.178. The molecule has 5 aromatic rings. The van der Waals surface area contributed by atoms with Crippen molar-refractivity contribution in [3.63, 3.8) is 0 Å². The van der Waals surface area contributed by atoms with Crippen molar-refractivity contribution in [2.24, 2.45) is 5.92 Å². The number of rotatable bonds is 10. The summed E-state index contributed by atoms with van der Waals surface area (Å²) in [5.74, 6) is 1.19. The molecule has 3 aliphatic rings. The van der Waals surface area contributed by atoms with Crippen LogP contribution in [0.5, 0.6) is 0 Å². The van der Waals surface area contributed by atoms with Gasteiger partial charge in [0.2, 0.25) is 5.91 Å². The van der Waals surface area contributed by atoms with Crippen molar-refractivity contribution in [2.45, 2.75) is 75.9 Å². The summed E-state index contributed by atoms with van der Waals surface area (Å²) in [4.78, 5) is 36.8. The van der Waals surface area contributed by atoms with Crippen molar-refractivity contribution in [1.82, 2.24) is 45.0 Å². The Hall–Kier alpha value is -6.23. The topological polar surface area (TPSA) is 207 Å². The van der Waals surface area contributed by atoms with Crippen LogP contribution in [0.1, 0.15) is 81.0 Å². The highest BCUT2D eigenvalue weighted by molar-refractivity contribution is 6.05. The van der Waals surface area contributed by atoms with Gasteiger partial charge in [-0.1, -0.05) is 17.3 Å². The molecule has 1 atom stereocenters. The van der Waals surface area contributed by atoms with Crippen LogP contribution < -0.4 is 15.5 Å². The SMILES string of the molecule is C[C@H](C#N)Nc1cc(-n2ncc3cc(C#N)cnc32)ncc1-n1cc(C2CCC(CCN3CCC(O)(c4ccc(N5CCC(=O)NC5=O)cc4)CC3)CC2)nn1. The maximum Gasteiger partial charge on any atom is 0.328 e. The van der Waals surface area contributed by atoms with Crippen molar-refractivity contribution >= 4 is 34.3 Å². The van der Waals surface area contributed by atoms with Crippen LogP contribution >= 0.6 is 0 Å². The highest BCUT2D eigenvalue weighted by Gasteiger charge is 2.35. The van der Waals surface area contributed by atoms with E-state index in [4.69, 9.17) is 0 Å². The van der Waals surface area contributed by atoms with Crippen LogP contribution in [0.2, 0.25) is 0 Å². The Bertz CT molecular complexity index is 2320. The minimum Gasteiger partial charge on any atom is -0.385 e. The van der Waals surface area contributed by atoms with E-state index < -0.39 is 17.7 Å². The second-order valence-corrected chi connectivity index (χ2v) is 15.1. The molecule has 1 saturated carbocycles. The number of imide groups is 1. The Morgan fingerprint density at radius 2 is 1.80 bits per heavy atom. The zero-order valence-corrected chi connectivity index (χ0v) is 31.2. The van der Waals surface area contributed by atoms with Crippen LogP contribution in [-0.2, 0) is 10.4 Å². The summed E-state index contributed by atoms with van der Waals surface area (Å²) in [5.41, 5.74) is 3.95. The molecule has 0 spiro atoms. The molecule has 8 rings (SSSR count). The van der Waals surface area contributed by atoms with Gasteiger partial charge in [0.05, 0.1) is 47.2 Å². The van der Waals surface area contributed by atoms with Crippen LogP contribution in [-0.4, -0.2) is 88.9 Å². The lowest BCUT2D eigenvalue weighted by molar-refractivity contribution is -0.120. The summed E-state index contributed by atoms with van der Waals surface area (Å²) >= 11 is 0. The van der Waals surface area contributed by atoms with Crippen LogP contribution in [0.15, 0.2) is 61.2 Å². The molecule has 16 heteroatoms. The molecule has 4 aromatic heterocycles. The molecule has 286 valence electrons. The number of aliphatic hydroxyl groups is 1. The molecule has 3 fully saturated rings. The smallest absolute Gasteiger partial charge is 0.328 e. The first-order chi connectivity index (χ1) is 27.2. The number of amides is 3. The Labute approximate surface area is 323 Å². The number of aromatic nitrogens is 7. The van der Waals surface area contributed by atoms with Crippen LogP contribution in [0.4, 0.5) is 16.2 Å². The number of benzene rings is 1. The predicted molar refractivity (Wildman–Crippen MR) is 206 cm³/mol. The number of carbonyl (C=O) groups is 2. The fourth-order valence-electron chi connectivity index (χ4n) is 8.16. The molecule has 16 nitrogen and oxygen atoms in total. The molecule has 1 aliphatic carbocycles. The number of fused-ring (bicyclic) bond motifs is 1. The first-order valence-corrected chi connectivity index (χ1v) is 19.2. The van der Waals surface area contributed by atoms with E-state index >= 15 is 0 Å². The summed E-state index contributed by atoms with van der Waals surface area (Å²) < 4.78 is 3.32. The monoisotopic (exact) mass is 753 g/mol. The lowest BCUT2D eigenvalue weighted by Crippen LogP contribution is -2.49. The molecule has 0 radical (unpaired) electrons. The molecule has 3 N–H and O–H groups in total. The van der Waals surface area contributed by atoms with Gasteiger partial charge in [0.1, 0.15) is 17.8 Å². The third kappa shape index (κ3) is 7.53. The molecule has 2 saturated heterocycles. The van der Waals surface area contributed by atoms with Crippen molar-refractivity contribution in [2.75, 3.05) is 36.4 Å². The average molecular weight is 754 g/mol. The van der Waals surface area contributed by atoms with E-state index in [2.05, 4.69) is 53.1 Å². The number of likely N-dealkylation sites (tertiary alicyclic amines) is 1. The Morgan fingerprint density at radius 3 is 2.54 bits per heavy atom. The van der Waals surface area contributed by atoms with Gasteiger partial charge in [0.25, 0.3) is 0 Å². The minimum atomic E-state index is -0.899. The van der Waals surface area contributed by atoms with Gasteiger partial charge < -0.3 is 15.3 Å². The summed E-state index contributed by atoms with van der Waals surface area (Å²) in [5, 5.41) is 50.2. The molecular weight excluding hydrogens is 711 g/mol. The number of hydrogen-bond acceptors (Lipinski definition) is 12. The highest BCUT2D eigenvalue weighted by Crippen LogP contribution is 2.38. The number of nitrogens with one attached hydrogen (secondary N) is 2. The van der Waals surface area contributed by atoms with Gasteiger partial charge in [-0.25, -0.2) is 19.4 Å². The van der Waals surface area contributed by atoms with Crippen molar-refractivity contribution in [1.29, 1.82) is 10.5 Å². The van der Waals surface area contributed by atoms with E-state index in [1.165, 1.54) is 6.20 Å². The molecule has 6 heterocycles. The number of nitriles is 2. The normalized spacial score (nSPS) is 20.6. The van der Waals surface area contributed by atoms with Crippen LogP contribution in [0.25, 0.3) is 22.5 Å². The number of pyridine rings is 2. The molecule has 0 bridgehead atoms. The van der Waals surface area contributed by atoms with Gasteiger partial charge in [-0.05, 0) is 88.1 Å². The number of anilines is 2. The Morgan fingerprint density at radius 1 is 1.02 bits per heavy atom. The third-order valence-corrected chi connectivity index (χ3v) is 11.5. The number of urea groups is 1. The molecule has 56 heavy (non-hydrogen) atoms. The van der Waals surface area contributed by atoms with Gasteiger partial charge in [-0.2, -0.15) is 20.3 Å². The standard InChI is InChI=1S/C40H43N13O3/c1-26(20-41)46-33-19-36(53-38-30(23-45-53)18-28(21-42)22-44-38)43-24-35(33)52-25-34(48-49-52)29-4-2-27(3-5-29)10-14-50-16-12-40(56,13-17-50)31-6-8-32(9-7-31)51-15-11-37(54)47-39(51)55/h6-9,18-19,22-27,29,56H,2-5,10-17H2,1H3,(H,43,46)(H,47,54,55)/t26-,27?,29?/m1/s1. The zero-order valence-electron chi connectivity index (χ0n) is 31.2. The summed E-state index contributed by atoms with van der Waals surface area (Å²) in [6, 6.07) is 14.5. The fraction of sp³-hybridized carbons (Fsp3) is 0.425.